The van der Waals surface area contributed by atoms with Gasteiger partial charge in [0.15, 0.2) is 4.77 Å². The molecule has 0 unspecified atom stereocenters. The van der Waals surface area contributed by atoms with Gasteiger partial charge in [-0.3, -0.25) is 0 Å². The van der Waals surface area contributed by atoms with Crippen LogP contribution < -0.4 is 0 Å². The average molecular weight is 265 g/mol. The molecule has 3 aromatic rings. The average Bonchev–Trinajstić information content (AvgIpc) is 2.89. The molecule has 0 saturated heterocycles. The second-order valence-electron chi connectivity index (χ2n) is 3.73. The van der Waals surface area contributed by atoms with Crippen molar-refractivity contribution in [3.63, 3.8) is 0 Å². The molecule has 3 nitrogen and oxygen atoms in total. The number of nitrogens with one attached hydrogen (secondary N) is 1. The van der Waals surface area contributed by atoms with Crippen molar-refractivity contribution in [2.45, 2.75) is 6.54 Å². The van der Waals surface area contributed by atoms with E-state index in [0.717, 1.165) is 16.8 Å². The molecule has 0 aliphatic rings. The zero-order valence-electron chi connectivity index (χ0n) is 8.81. The number of aromatic nitrogens is 2. The van der Waals surface area contributed by atoms with E-state index >= 15 is 0 Å². The Kier molecular flexibility index (Phi) is 2.53. The van der Waals surface area contributed by atoms with Crippen LogP contribution in [0.25, 0.3) is 11.0 Å². The molecule has 1 N–H and O–H groups in total. The fourth-order valence-electron chi connectivity index (χ4n) is 1.88. The summed E-state index contributed by atoms with van der Waals surface area (Å²) in [6.45, 7) is 0.579. The Hall–Kier alpha value is -1.52. The number of nitrogens with zero attached hydrogens (tertiary/aromatic N) is 1. The van der Waals surface area contributed by atoms with Gasteiger partial charge in [0.25, 0.3) is 0 Å². The number of fused-ring (bicyclic) bond motifs is 1. The summed E-state index contributed by atoms with van der Waals surface area (Å²) >= 11 is 11.5. The van der Waals surface area contributed by atoms with Crippen LogP contribution in [0.4, 0.5) is 0 Å². The summed E-state index contributed by atoms with van der Waals surface area (Å²) in [5, 5.41) is 0.682. The molecule has 0 amide bonds. The van der Waals surface area contributed by atoms with Crippen molar-refractivity contribution in [1.82, 2.24) is 9.55 Å². The summed E-state index contributed by atoms with van der Waals surface area (Å²) in [4.78, 5) is 3.13. The molecule has 0 aliphatic heterocycles. The minimum absolute atomic E-state index is 0.579. The van der Waals surface area contributed by atoms with Gasteiger partial charge >= 0.3 is 0 Å². The highest BCUT2D eigenvalue weighted by molar-refractivity contribution is 7.71. The van der Waals surface area contributed by atoms with E-state index in [1.165, 1.54) is 0 Å². The molecule has 0 atom stereocenters. The summed E-state index contributed by atoms with van der Waals surface area (Å²) in [5.41, 5.74) is 1.85. The summed E-state index contributed by atoms with van der Waals surface area (Å²) in [6.07, 6.45) is 1.65. The van der Waals surface area contributed by atoms with Gasteiger partial charge in [-0.1, -0.05) is 17.7 Å². The lowest BCUT2D eigenvalue weighted by molar-refractivity contribution is 0.495. The second kappa shape index (κ2) is 4.05. The minimum Gasteiger partial charge on any atom is -0.467 e. The fourth-order valence-corrected chi connectivity index (χ4v) is 2.43. The molecule has 0 spiro atoms. The highest BCUT2D eigenvalue weighted by Crippen LogP contribution is 2.24. The van der Waals surface area contributed by atoms with Gasteiger partial charge in [0.05, 0.1) is 28.9 Å². The van der Waals surface area contributed by atoms with E-state index in [1.807, 2.05) is 34.9 Å². The summed E-state index contributed by atoms with van der Waals surface area (Å²) in [5.74, 6) is 0.849. The van der Waals surface area contributed by atoms with E-state index in [2.05, 4.69) is 4.98 Å². The molecule has 1 aromatic carbocycles. The number of hydrogen-bond donors (Lipinski definition) is 1. The Balaban J connectivity index is 2.21. The maximum absolute atomic E-state index is 6.20. The molecule has 0 radical (unpaired) electrons. The standard InChI is InChI=1S/C12H9ClN2OS/c13-9-4-1-5-10-11(9)15(12(17)14-10)7-8-3-2-6-16-8/h1-6H,7H2,(H,14,17). The molecule has 0 bridgehead atoms. The normalized spacial score (nSPS) is 11.1. The smallest absolute Gasteiger partial charge is 0.178 e. The molecule has 0 saturated carbocycles. The van der Waals surface area contributed by atoms with Crippen LogP contribution in [-0.2, 0) is 6.54 Å². The number of halogens is 1. The molecule has 17 heavy (non-hydrogen) atoms. The number of rotatable bonds is 2. The highest BCUT2D eigenvalue weighted by Gasteiger charge is 2.09. The van der Waals surface area contributed by atoms with Crippen LogP contribution >= 0.6 is 23.8 Å². The molecule has 2 aromatic heterocycles. The lowest BCUT2D eigenvalue weighted by Gasteiger charge is -2.03. The Morgan fingerprint density at radius 1 is 1.29 bits per heavy atom. The molecular formula is C12H9ClN2OS. The third-order valence-electron chi connectivity index (χ3n) is 2.64. The monoisotopic (exact) mass is 264 g/mol. The summed E-state index contributed by atoms with van der Waals surface area (Å²) < 4.78 is 7.91. The van der Waals surface area contributed by atoms with Gasteiger partial charge in [0.2, 0.25) is 0 Å². The molecule has 0 fully saturated rings. The van der Waals surface area contributed by atoms with E-state index < -0.39 is 0 Å². The zero-order chi connectivity index (χ0) is 11.8. The first-order chi connectivity index (χ1) is 8.25. The quantitative estimate of drug-likeness (QED) is 0.710. The summed E-state index contributed by atoms with van der Waals surface area (Å²) in [7, 11) is 0. The van der Waals surface area contributed by atoms with E-state index in [4.69, 9.17) is 28.2 Å². The Labute approximate surface area is 108 Å². The number of H-pyrrole nitrogens is 1. The van der Waals surface area contributed by atoms with Gasteiger partial charge in [0.1, 0.15) is 5.76 Å². The largest absolute Gasteiger partial charge is 0.467 e. The second-order valence-corrected chi connectivity index (χ2v) is 4.53. The van der Waals surface area contributed by atoms with Gasteiger partial charge in [-0.15, -0.1) is 0 Å². The minimum atomic E-state index is 0.579. The number of imidazole rings is 1. The van der Waals surface area contributed by atoms with Gasteiger partial charge < -0.3 is 14.0 Å². The zero-order valence-corrected chi connectivity index (χ0v) is 10.4. The lowest BCUT2D eigenvalue weighted by Crippen LogP contribution is -1.98. The highest BCUT2D eigenvalue weighted by atomic mass is 35.5. The van der Waals surface area contributed by atoms with Crippen LogP contribution in [-0.4, -0.2) is 9.55 Å². The van der Waals surface area contributed by atoms with Crippen molar-refractivity contribution >= 4 is 34.9 Å². The lowest BCUT2D eigenvalue weighted by atomic mass is 10.3. The van der Waals surface area contributed by atoms with E-state index in [-0.39, 0.29) is 0 Å². The summed E-state index contributed by atoms with van der Waals surface area (Å²) in [6, 6.07) is 9.47. The van der Waals surface area contributed by atoms with Crippen LogP contribution in [0.3, 0.4) is 0 Å². The molecule has 0 aliphatic carbocycles. The van der Waals surface area contributed by atoms with Gasteiger partial charge in [0, 0.05) is 0 Å². The number of hydrogen-bond acceptors (Lipinski definition) is 2. The third-order valence-corrected chi connectivity index (χ3v) is 3.26. The maximum atomic E-state index is 6.20. The molecule has 5 heteroatoms. The van der Waals surface area contributed by atoms with Crippen molar-refractivity contribution in [2.75, 3.05) is 0 Å². The van der Waals surface area contributed by atoms with Crippen LogP contribution in [0.5, 0.6) is 0 Å². The first-order valence-corrected chi connectivity index (χ1v) is 5.94. The van der Waals surface area contributed by atoms with E-state index in [9.17, 15) is 0 Å². The van der Waals surface area contributed by atoms with Crippen LogP contribution in [0.1, 0.15) is 5.76 Å². The first-order valence-electron chi connectivity index (χ1n) is 5.15. The Morgan fingerprint density at radius 2 is 2.18 bits per heavy atom. The topological polar surface area (TPSA) is 33.9 Å². The molecule has 3 rings (SSSR count). The van der Waals surface area contributed by atoms with Crippen molar-refractivity contribution in [3.05, 3.63) is 52.1 Å². The van der Waals surface area contributed by atoms with E-state index in [0.29, 0.717) is 16.3 Å². The SMILES string of the molecule is S=c1[nH]c2cccc(Cl)c2n1Cc1ccco1. The number of para-hydroxylation sites is 1. The van der Waals surface area contributed by atoms with Crippen LogP contribution in [0, 0.1) is 4.77 Å². The van der Waals surface area contributed by atoms with Gasteiger partial charge in [-0.2, -0.15) is 0 Å². The molecule has 86 valence electrons. The Bertz CT molecular complexity index is 712. The van der Waals surface area contributed by atoms with Crippen LogP contribution in [0.15, 0.2) is 41.0 Å². The number of aromatic amines is 1. The third kappa shape index (κ3) is 1.79. The first kappa shape index (κ1) is 10.6. The predicted octanol–water partition coefficient (Wildman–Crippen LogP) is 3.99. The van der Waals surface area contributed by atoms with Crippen LogP contribution in [0.2, 0.25) is 5.02 Å². The Morgan fingerprint density at radius 3 is 2.94 bits per heavy atom. The number of furan rings is 1. The number of benzene rings is 1. The molecule has 2 heterocycles. The van der Waals surface area contributed by atoms with Gasteiger partial charge in [-0.05, 0) is 36.5 Å². The van der Waals surface area contributed by atoms with Crippen molar-refractivity contribution < 1.29 is 4.42 Å². The molecular weight excluding hydrogens is 256 g/mol. The van der Waals surface area contributed by atoms with Crippen molar-refractivity contribution in [2.24, 2.45) is 0 Å². The maximum Gasteiger partial charge on any atom is 0.178 e. The van der Waals surface area contributed by atoms with Gasteiger partial charge in [-0.25, -0.2) is 0 Å². The van der Waals surface area contributed by atoms with E-state index in [1.54, 1.807) is 6.26 Å². The fraction of sp³-hybridized carbons (Fsp3) is 0.0833. The predicted molar refractivity (Wildman–Crippen MR) is 69.9 cm³/mol. The van der Waals surface area contributed by atoms with Crippen molar-refractivity contribution in [3.8, 4) is 0 Å². The van der Waals surface area contributed by atoms with Crippen molar-refractivity contribution in [1.29, 1.82) is 0 Å².